The average Bonchev–Trinajstić information content (AvgIpc) is 2.94. The number of amides is 1. The number of aromatic nitrogens is 1. The van der Waals surface area contributed by atoms with E-state index in [9.17, 15) is 4.79 Å². The van der Waals surface area contributed by atoms with E-state index in [1.807, 2.05) is 29.8 Å². The minimum atomic E-state index is -0.384. The number of thiazole rings is 1. The van der Waals surface area contributed by atoms with Gasteiger partial charge in [0.1, 0.15) is 0 Å². The Morgan fingerprint density at radius 2 is 1.73 bits per heavy atom. The molecule has 0 aliphatic carbocycles. The molecule has 6 nitrogen and oxygen atoms in total. The van der Waals surface area contributed by atoms with Crippen LogP contribution in [0, 0.1) is 0 Å². The Balaban J connectivity index is 2.10. The van der Waals surface area contributed by atoms with Gasteiger partial charge < -0.3 is 18.8 Å². The molecule has 0 saturated heterocycles. The molecule has 0 aliphatic rings. The zero-order valence-electron chi connectivity index (χ0n) is 14.7. The van der Waals surface area contributed by atoms with Gasteiger partial charge in [-0.2, -0.15) is 4.99 Å². The van der Waals surface area contributed by atoms with Gasteiger partial charge in [-0.25, -0.2) is 0 Å². The second-order valence-corrected chi connectivity index (χ2v) is 7.31. The van der Waals surface area contributed by atoms with E-state index in [-0.39, 0.29) is 5.91 Å². The first-order chi connectivity index (χ1) is 12.5. The molecular formula is C18H17BrN2O4S. The van der Waals surface area contributed by atoms with Crippen molar-refractivity contribution in [3.63, 3.8) is 0 Å². The topological polar surface area (TPSA) is 62.0 Å². The molecule has 0 saturated carbocycles. The Hall–Kier alpha value is -2.32. The van der Waals surface area contributed by atoms with Crippen molar-refractivity contribution in [2.75, 3.05) is 21.3 Å². The number of halogens is 1. The molecule has 0 bridgehead atoms. The van der Waals surface area contributed by atoms with Crippen LogP contribution in [0.2, 0.25) is 0 Å². The number of aryl methyl sites for hydroxylation is 1. The van der Waals surface area contributed by atoms with E-state index in [0.29, 0.717) is 27.6 Å². The maximum Gasteiger partial charge on any atom is 0.279 e. The lowest BCUT2D eigenvalue weighted by molar-refractivity contribution is 0.0997. The van der Waals surface area contributed by atoms with Gasteiger partial charge in [0.25, 0.3) is 5.91 Å². The van der Waals surface area contributed by atoms with Crippen LogP contribution in [0.4, 0.5) is 0 Å². The van der Waals surface area contributed by atoms with Crippen LogP contribution in [0.5, 0.6) is 17.2 Å². The number of hydrogen-bond donors (Lipinski definition) is 0. The molecule has 0 spiro atoms. The first-order valence-electron chi connectivity index (χ1n) is 7.62. The molecule has 0 aliphatic heterocycles. The van der Waals surface area contributed by atoms with Crippen molar-refractivity contribution in [2.24, 2.45) is 12.0 Å². The lowest BCUT2D eigenvalue weighted by atomic mass is 10.1. The summed E-state index contributed by atoms with van der Waals surface area (Å²) in [5, 5.41) is 0. The third-order valence-corrected chi connectivity index (χ3v) is 5.47. The number of hydrogen-bond acceptors (Lipinski definition) is 5. The standard InChI is InChI=1S/C18H17BrN2O4S/c1-21-12-6-5-11(19)9-15(12)26-18(21)20-17(22)10-7-13(23-2)16(25-4)14(8-10)24-3/h5-9H,1-4H3. The summed E-state index contributed by atoms with van der Waals surface area (Å²) in [5.74, 6) is 0.874. The second-order valence-electron chi connectivity index (χ2n) is 5.39. The van der Waals surface area contributed by atoms with Crippen molar-refractivity contribution in [3.8, 4) is 17.2 Å². The Morgan fingerprint density at radius 3 is 2.31 bits per heavy atom. The Kier molecular flexibility index (Phi) is 5.33. The van der Waals surface area contributed by atoms with Crippen LogP contribution in [0.3, 0.4) is 0 Å². The van der Waals surface area contributed by atoms with E-state index in [4.69, 9.17) is 14.2 Å². The lowest BCUT2D eigenvalue weighted by Crippen LogP contribution is -2.13. The van der Waals surface area contributed by atoms with Crippen LogP contribution in [0.1, 0.15) is 10.4 Å². The van der Waals surface area contributed by atoms with Gasteiger partial charge in [0, 0.05) is 17.1 Å². The second kappa shape index (κ2) is 7.51. The van der Waals surface area contributed by atoms with Crippen molar-refractivity contribution in [3.05, 3.63) is 45.2 Å². The summed E-state index contributed by atoms with van der Waals surface area (Å²) in [5.41, 5.74) is 1.37. The molecule has 26 heavy (non-hydrogen) atoms. The number of fused-ring (bicyclic) bond motifs is 1. The van der Waals surface area contributed by atoms with Crippen LogP contribution in [-0.4, -0.2) is 31.8 Å². The first kappa shape index (κ1) is 18.5. The summed E-state index contributed by atoms with van der Waals surface area (Å²) in [4.78, 5) is 17.6. The van der Waals surface area contributed by atoms with Crippen molar-refractivity contribution in [1.29, 1.82) is 0 Å². The number of ether oxygens (including phenoxy) is 3. The van der Waals surface area contributed by atoms with Crippen molar-refractivity contribution >= 4 is 43.4 Å². The Bertz CT molecular complexity index is 1030. The molecule has 1 heterocycles. The molecule has 3 rings (SSSR count). The molecule has 8 heteroatoms. The van der Waals surface area contributed by atoms with Gasteiger partial charge in [-0.3, -0.25) is 4.79 Å². The highest BCUT2D eigenvalue weighted by Gasteiger charge is 2.17. The van der Waals surface area contributed by atoms with Gasteiger partial charge in [-0.1, -0.05) is 27.3 Å². The summed E-state index contributed by atoms with van der Waals surface area (Å²) in [6.45, 7) is 0. The van der Waals surface area contributed by atoms with E-state index < -0.39 is 0 Å². The quantitative estimate of drug-likeness (QED) is 0.624. The van der Waals surface area contributed by atoms with Gasteiger partial charge in [0.15, 0.2) is 16.3 Å². The third-order valence-electron chi connectivity index (χ3n) is 3.88. The fourth-order valence-electron chi connectivity index (χ4n) is 2.57. The van der Waals surface area contributed by atoms with E-state index >= 15 is 0 Å². The number of carbonyl (C=O) groups excluding carboxylic acids is 1. The van der Waals surface area contributed by atoms with Gasteiger partial charge in [0.05, 0.1) is 31.5 Å². The summed E-state index contributed by atoms with van der Waals surface area (Å²) in [7, 11) is 6.41. The highest BCUT2D eigenvalue weighted by molar-refractivity contribution is 9.10. The molecule has 1 amide bonds. The lowest BCUT2D eigenvalue weighted by Gasteiger charge is -2.12. The van der Waals surface area contributed by atoms with Crippen LogP contribution in [0.15, 0.2) is 39.8 Å². The zero-order chi connectivity index (χ0) is 18.8. The molecule has 0 N–H and O–H groups in total. The van der Waals surface area contributed by atoms with Gasteiger partial charge in [0.2, 0.25) is 5.75 Å². The minimum Gasteiger partial charge on any atom is -0.493 e. The Labute approximate surface area is 162 Å². The number of methoxy groups -OCH3 is 3. The van der Waals surface area contributed by atoms with Crippen molar-refractivity contribution < 1.29 is 19.0 Å². The molecule has 3 aromatic rings. The van der Waals surface area contributed by atoms with E-state index in [0.717, 1.165) is 14.7 Å². The van der Waals surface area contributed by atoms with E-state index in [2.05, 4.69) is 20.9 Å². The normalized spacial score (nSPS) is 11.7. The minimum absolute atomic E-state index is 0.359. The van der Waals surface area contributed by atoms with Crippen molar-refractivity contribution in [2.45, 2.75) is 0 Å². The molecule has 2 aromatic carbocycles. The smallest absolute Gasteiger partial charge is 0.279 e. The molecule has 0 fully saturated rings. The zero-order valence-corrected chi connectivity index (χ0v) is 17.1. The van der Waals surface area contributed by atoms with Crippen LogP contribution in [0.25, 0.3) is 10.2 Å². The highest BCUT2D eigenvalue weighted by atomic mass is 79.9. The maximum absolute atomic E-state index is 12.7. The molecule has 0 unspecified atom stereocenters. The fraction of sp³-hybridized carbons (Fsp3) is 0.222. The number of carbonyl (C=O) groups is 1. The summed E-state index contributed by atoms with van der Waals surface area (Å²) < 4.78 is 19.8. The Morgan fingerprint density at radius 1 is 1.08 bits per heavy atom. The fourth-order valence-corrected chi connectivity index (χ4v) is 4.14. The predicted octanol–water partition coefficient (Wildman–Crippen LogP) is 3.77. The van der Waals surface area contributed by atoms with Crippen molar-refractivity contribution in [1.82, 2.24) is 4.57 Å². The number of nitrogens with zero attached hydrogens (tertiary/aromatic N) is 2. The van der Waals surface area contributed by atoms with Gasteiger partial charge in [-0.15, -0.1) is 0 Å². The first-order valence-corrected chi connectivity index (χ1v) is 9.23. The average molecular weight is 437 g/mol. The molecule has 136 valence electrons. The third kappa shape index (κ3) is 3.34. The van der Waals surface area contributed by atoms with Gasteiger partial charge in [-0.05, 0) is 30.3 Å². The van der Waals surface area contributed by atoms with Crippen LogP contribution < -0.4 is 19.0 Å². The summed E-state index contributed by atoms with van der Waals surface area (Å²) in [6, 6.07) is 9.13. The monoisotopic (exact) mass is 436 g/mol. The molecule has 0 radical (unpaired) electrons. The predicted molar refractivity (Wildman–Crippen MR) is 104 cm³/mol. The van der Waals surface area contributed by atoms with Crippen LogP contribution in [-0.2, 0) is 7.05 Å². The molecule has 1 aromatic heterocycles. The van der Waals surface area contributed by atoms with E-state index in [1.54, 1.807) is 12.1 Å². The molecular weight excluding hydrogens is 420 g/mol. The summed E-state index contributed by atoms with van der Waals surface area (Å²) >= 11 is 4.91. The van der Waals surface area contributed by atoms with Gasteiger partial charge >= 0.3 is 0 Å². The number of rotatable bonds is 4. The SMILES string of the molecule is COc1cc(C(=O)N=c2sc3cc(Br)ccc3n2C)cc(OC)c1OC. The van der Waals surface area contributed by atoms with Crippen LogP contribution >= 0.6 is 27.3 Å². The highest BCUT2D eigenvalue weighted by Crippen LogP contribution is 2.38. The maximum atomic E-state index is 12.7. The largest absolute Gasteiger partial charge is 0.493 e. The van der Waals surface area contributed by atoms with E-state index in [1.165, 1.54) is 32.7 Å². The molecule has 0 atom stereocenters. The number of benzene rings is 2. The summed E-state index contributed by atoms with van der Waals surface area (Å²) in [6.07, 6.45) is 0.